The van der Waals surface area contributed by atoms with Crippen LogP contribution < -0.4 is 0 Å². The minimum atomic E-state index is -3.51. The maximum Gasteiger partial charge on any atom is 0.270 e. The SMILES string of the molecule is CCC1CCCCN1C(=O)c1cc(S(=O)(=O)N2CCCCC2)cn1C. The van der Waals surface area contributed by atoms with E-state index in [1.165, 1.54) is 0 Å². The molecule has 0 radical (unpaired) electrons. The predicted molar refractivity (Wildman–Crippen MR) is 97.0 cm³/mol. The number of hydrogen-bond acceptors (Lipinski definition) is 3. The van der Waals surface area contributed by atoms with Crippen molar-refractivity contribution >= 4 is 15.9 Å². The largest absolute Gasteiger partial charge is 0.345 e. The number of amides is 1. The van der Waals surface area contributed by atoms with Crippen LogP contribution in [0.25, 0.3) is 0 Å². The third-order valence-electron chi connectivity index (χ3n) is 5.51. The first-order valence-electron chi connectivity index (χ1n) is 9.42. The number of aryl methyl sites for hydroxylation is 1. The molecule has 0 aliphatic carbocycles. The average Bonchev–Trinajstić information content (AvgIpc) is 3.04. The van der Waals surface area contributed by atoms with Crippen LogP contribution in [-0.2, 0) is 17.1 Å². The number of carbonyl (C=O) groups excluding carboxylic acids is 1. The summed E-state index contributed by atoms with van der Waals surface area (Å²) in [5.41, 5.74) is 0.468. The lowest BCUT2D eigenvalue weighted by Gasteiger charge is -2.35. The van der Waals surface area contributed by atoms with Crippen LogP contribution in [0.2, 0.25) is 0 Å². The summed E-state index contributed by atoms with van der Waals surface area (Å²) in [6.07, 6.45) is 8.63. The van der Waals surface area contributed by atoms with Gasteiger partial charge < -0.3 is 9.47 Å². The van der Waals surface area contributed by atoms with Gasteiger partial charge in [0.2, 0.25) is 10.0 Å². The van der Waals surface area contributed by atoms with Crippen LogP contribution in [0.1, 0.15) is 62.4 Å². The lowest BCUT2D eigenvalue weighted by molar-refractivity contribution is 0.0598. The summed E-state index contributed by atoms with van der Waals surface area (Å²) < 4.78 is 28.9. The van der Waals surface area contributed by atoms with Crippen LogP contribution in [-0.4, -0.2) is 53.8 Å². The summed E-state index contributed by atoms with van der Waals surface area (Å²) in [4.78, 5) is 15.2. The molecule has 0 bridgehead atoms. The van der Waals surface area contributed by atoms with Gasteiger partial charge in [-0.3, -0.25) is 4.79 Å². The summed E-state index contributed by atoms with van der Waals surface area (Å²) in [6.45, 7) is 4.01. The van der Waals surface area contributed by atoms with Crippen molar-refractivity contribution in [1.29, 1.82) is 0 Å². The monoisotopic (exact) mass is 367 g/mol. The molecule has 2 aliphatic heterocycles. The van der Waals surface area contributed by atoms with Crippen molar-refractivity contribution in [2.45, 2.75) is 62.8 Å². The van der Waals surface area contributed by atoms with Crippen molar-refractivity contribution in [3.05, 3.63) is 18.0 Å². The molecule has 2 fully saturated rings. The molecule has 1 atom stereocenters. The standard InChI is InChI=1S/C18H29N3O3S/c1-3-15-9-5-8-12-21(15)18(22)17-13-16(14-19(17)2)25(23,24)20-10-6-4-7-11-20/h13-15H,3-12H2,1-2H3. The molecule has 1 aromatic heterocycles. The van der Waals surface area contributed by atoms with Crippen LogP contribution in [0.3, 0.4) is 0 Å². The van der Waals surface area contributed by atoms with Gasteiger partial charge in [0, 0.05) is 38.9 Å². The number of rotatable bonds is 4. The molecule has 6 nitrogen and oxygen atoms in total. The number of hydrogen-bond donors (Lipinski definition) is 0. The Morgan fingerprint density at radius 3 is 2.48 bits per heavy atom. The molecule has 1 amide bonds. The predicted octanol–water partition coefficient (Wildman–Crippen LogP) is 2.60. The Balaban J connectivity index is 1.85. The summed E-state index contributed by atoms with van der Waals surface area (Å²) in [5.74, 6) is -0.0471. The molecule has 2 aliphatic rings. The van der Waals surface area contributed by atoms with Gasteiger partial charge >= 0.3 is 0 Å². The first kappa shape index (κ1) is 18.5. The van der Waals surface area contributed by atoms with E-state index in [0.29, 0.717) is 18.8 Å². The second-order valence-corrected chi connectivity index (χ2v) is 9.13. The van der Waals surface area contributed by atoms with Crippen molar-refractivity contribution in [3.63, 3.8) is 0 Å². The van der Waals surface area contributed by atoms with Gasteiger partial charge in [-0.25, -0.2) is 8.42 Å². The van der Waals surface area contributed by atoms with Crippen LogP contribution in [0.15, 0.2) is 17.2 Å². The molecule has 2 saturated heterocycles. The van der Waals surface area contributed by atoms with E-state index >= 15 is 0 Å². The van der Waals surface area contributed by atoms with E-state index in [1.54, 1.807) is 28.2 Å². The van der Waals surface area contributed by atoms with E-state index in [1.807, 2.05) is 4.90 Å². The number of likely N-dealkylation sites (tertiary alicyclic amines) is 1. The Kier molecular flexibility index (Phi) is 5.53. The van der Waals surface area contributed by atoms with Crippen molar-refractivity contribution < 1.29 is 13.2 Å². The minimum absolute atomic E-state index is 0.0471. The zero-order chi connectivity index (χ0) is 18.0. The smallest absolute Gasteiger partial charge is 0.270 e. The van der Waals surface area contributed by atoms with Crippen LogP contribution in [0, 0.1) is 0 Å². The quantitative estimate of drug-likeness (QED) is 0.822. The molecule has 0 aromatic carbocycles. The van der Waals surface area contributed by atoms with Crippen LogP contribution in [0.5, 0.6) is 0 Å². The number of sulfonamides is 1. The number of aromatic nitrogens is 1. The lowest BCUT2D eigenvalue weighted by Crippen LogP contribution is -2.43. The third kappa shape index (κ3) is 3.62. The summed E-state index contributed by atoms with van der Waals surface area (Å²) >= 11 is 0. The molecule has 0 saturated carbocycles. The van der Waals surface area contributed by atoms with Crippen molar-refractivity contribution in [3.8, 4) is 0 Å². The fourth-order valence-electron chi connectivity index (χ4n) is 3.98. The number of nitrogens with zero attached hydrogens (tertiary/aromatic N) is 3. The van der Waals surface area contributed by atoms with Gasteiger partial charge in [-0.05, 0) is 44.6 Å². The Labute approximate surface area is 150 Å². The first-order chi connectivity index (χ1) is 11.9. The van der Waals surface area contributed by atoms with Gasteiger partial charge in [0.15, 0.2) is 0 Å². The number of piperidine rings is 2. The molecule has 3 heterocycles. The normalized spacial score (nSPS) is 23.0. The van der Waals surface area contributed by atoms with Gasteiger partial charge in [0.05, 0.1) is 0 Å². The maximum atomic E-state index is 13.0. The van der Waals surface area contributed by atoms with E-state index in [9.17, 15) is 13.2 Å². The highest BCUT2D eigenvalue weighted by molar-refractivity contribution is 7.89. The Bertz CT molecular complexity index is 720. The molecule has 25 heavy (non-hydrogen) atoms. The highest BCUT2D eigenvalue weighted by Crippen LogP contribution is 2.25. The van der Waals surface area contributed by atoms with E-state index in [-0.39, 0.29) is 16.8 Å². The molecule has 3 rings (SSSR count). The molecular weight excluding hydrogens is 338 g/mol. The molecule has 7 heteroatoms. The molecule has 0 N–H and O–H groups in total. The summed E-state index contributed by atoms with van der Waals surface area (Å²) in [5, 5.41) is 0. The Hall–Kier alpha value is -1.34. The van der Waals surface area contributed by atoms with Crippen LogP contribution >= 0.6 is 0 Å². The minimum Gasteiger partial charge on any atom is -0.345 e. The Morgan fingerprint density at radius 1 is 1.12 bits per heavy atom. The number of carbonyl (C=O) groups is 1. The topological polar surface area (TPSA) is 62.6 Å². The van der Waals surface area contributed by atoms with Crippen molar-refractivity contribution in [1.82, 2.24) is 13.8 Å². The fourth-order valence-corrected chi connectivity index (χ4v) is 5.57. The lowest BCUT2D eigenvalue weighted by atomic mass is 9.99. The zero-order valence-electron chi connectivity index (χ0n) is 15.3. The molecule has 1 unspecified atom stereocenters. The van der Waals surface area contributed by atoms with E-state index in [0.717, 1.165) is 51.5 Å². The molecule has 0 spiro atoms. The van der Waals surface area contributed by atoms with Crippen molar-refractivity contribution in [2.24, 2.45) is 7.05 Å². The van der Waals surface area contributed by atoms with Gasteiger partial charge in [-0.2, -0.15) is 4.31 Å². The van der Waals surface area contributed by atoms with Crippen LogP contribution in [0.4, 0.5) is 0 Å². The van der Waals surface area contributed by atoms with Gasteiger partial charge in [0.25, 0.3) is 5.91 Å². The third-order valence-corrected chi connectivity index (χ3v) is 7.37. The second-order valence-electron chi connectivity index (χ2n) is 7.19. The summed E-state index contributed by atoms with van der Waals surface area (Å²) in [6, 6.07) is 1.83. The van der Waals surface area contributed by atoms with Gasteiger partial charge in [-0.15, -0.1) is 0 Å². The first-order valence-corrected chi connectivity index (χ1v) is 10.9. The highest BCUT2D eigenvalue weighted by atomic mass is 32.2. The maximum absolute atomic E-state index is 13.0. The Morgan fingerprint density at radius 2 is 1.80 bits per heavy atom. The average molecular weight is 368 g/mol. The van der Waals surface area contributed by atoms with E-state index in [4.69, 9.17) is 0 Å². The van der Waals surface area contributed by atoms with Gasteiger partial charge in [0.1, 0.15) is 10.6 Å². The van der Waals surface area contributed by atoms with Gasteiger partial charge in [-0.1, -0.05) is 13.3 Å². The second kappa shape index (κ2) is 7.50. The van der Waals surface area contributed by atoms with Crippen molar-refractivity contribution in [2.75, 3.05) is 19.6 Å². The van der Waals surface area contributed by atoms with E-state index in [2.05, 4.69) is 6.92 Å². The summed E-state index contributed by atoms with van der Waals surface area (Å²) in [7, 11) is -1.75. The molecule has 1 aromatic rings. The highest BCUT2D eigenvalue weighted by Gasteiger charge is 2.31. The molecular formula is C18H29N3O3S. The fraction of sp³-hybridized carbons (Fsp3) is 0.722. The van der Waals surface area contributed by atoms with E-state index < -0.39 is 10.0 Å². The molecule has 140 valence electrons. The zero-order valence-corrected chi connectivity index (χ0v) is 16.1.